The first kappa shape index (κ1) is 48.2. The van der Waals surface area contributed by atoms with E-state index in [4.69, 9.17) is 59.5 Å². The number of nitrogen functional groups attached to an aromatic ring is 1. The number of aromatic nitrogens is 8. The van der Waals surface area contributed by atoms with Gasteiger partial charge in [0.15, 0.2) is 5.79 Å². The maximum atomic E-state index is 11.1. The van der Waals surface area contributed by atoms with Gasteiger partial charge in [-0.2, -0.15) is 0 Å². The van der Waals surface area contributed by atoms with Crippen LogP contribution in [0.5, 0.6) is 0 Å². The van der Waals surface area contributed by atoms with Gasteiger partial charge in [0.2, 0.25) is 0 Å². The van der Waals surface area contributed by atoms with Crippen molar-refractivity contribution in [1.82, 2.24) is 39.0 Å². The first-order valence-electron chi connectivity index (χ1n) is 22.6. The zero-order chi connectivity index (χ0) is 47.7. The summed E-state index contributed by atoms with van der Waals surface area (Å²) in [5, 5.41) is 27.0. The highest BCUT2D eigenvalue weighted by molar-refractivity contribution is 9.10. The van der Waals surface area contributed by atoms with Crippen LogP contribution < -0.4 is 5.73 Å². The van der Waals surface area contributed by atoms with Crippen LogP contribution in [-0.2, 0) is 18.9 Å². The largest absolute Gasteiger partial charge is 0.390 e. The molecule has 2 spiro atoms. The minimum atomic E-state index is -0.950. The Hall–Kier alpha value is -4.11. The summed E-state index contributed by atoms with van der Waals surface area (Å²) in [6, 6.07) is 19.7. The Balaban J connectivity index is 0.000000151. The van der Waals surface area contributed by atoms with Gasteiger partial charge >= 0.3 is 0 Å². The Bertz CT molecular complexity index is 3360. The predicted molar refractivity (Wildman–Crippen MR) is 275 cm³/mol. The second kappa shape index (κ2) is 17.8. The standard InChI is InChI=1S/C26H23BrCl2N4O3.C23H21BrClN5O3.CH4/c1-25(2)35-20-18(33-6-5-15-22(28)30-12-31-24(15)33)9-26(21(20)36-25)10-19(34-11-26)14-4-3-13-7-16(27)23(29)32-17(13)8-14;24-14-5-11-1-2-12(6-15(11)29-20(14)25)17-8-23(9-33-17)7-16(18(31)19(23)32)30-4-3-13-21(26)27-10-28-22(13)30;/h3-8,12,18-21H,9-11H2,1-2H3;1-6,10,16-19,31-32H,7-9H2,(H2,26,27,28);1H4/t18-,19?,20+,21+,26-;16-,17?,18+,19+,23-;/m11./s1. The van der Waals surface area contributed by atoms with E-state index < -0.39 is 23.4 Å². The summed E-state index contributed by atoms with van der Waals surface area (Å²) in [6.07, 6.45) is 7.26. The number of benzene rings is 2. The van der Waals surface area contributed by atoms with Crippen molar-refractivity contribution in [2.24, 2.45) is 10.8 Å². The minimum Gasteiger partial charge on any atom is -0.390 e. The quantitative estimate of drug-likeness (QED) is 0.112. The third-order valence-electron chi connectivity index (χ3n) is 15.0. The summed E-state index contributed by atoms with van der Waals surface area (Å²) in [6.45, 7) is 4.91. The second-order valence-corrected chi connectivity index (χ2v) is 22.3. The second-order valence-electron chi connectivity index (χ2n) is 19.5. The van der Waals surface area contributed by atoms with Crippen LogP contribution in [0.25, 0.3) is 43.9 Å². The van der Waals surface area contributed by atoms with Crippen LogP contribution in [-0.4, -0.2) is 92.7 Å². The first-order valence-corrected chi connectivity index (χ1v) is 25.3. The number of ether oxygens (including phenoxy) is 4. The number of pyridine rings is 2. The Morgan fingerprint density at radius 1 is 0.657 bits per heavy atom. The van der Waals surface area contributed by atoms with Crippen molar-refractivity contribution in [1.29, 1.82) is 0 Å². The van der Waals surface area contributed by atoms with E-state index >= 15 is 0 Å². The highest BCUT2D eigenvalue weighted by Gasteiger charge is 2.64. The predicted octanol–water partition coefficient (Wildman–Crippen LogP) is 11.1. The molecular weight excluding hydrogens is 1090 g/mol. The zero-order valence-electron chi connectivity index (χ0n) is 37.0. The molecule has 2 saturated carbocycles. The van der Waals surface area contributed by atoms with Gasteiger partial charge in [0.1, 0.15) is 57.4 Å². The van der Waals surface area contributed by atoms with E-state index in [0.29, 0.717) is 53.0 Å². The third kappa shape index (κ3) is 7.99. The molecule has 9 heterocycles. The van der Waals surface area contributed by atoms with Gasteiger partial charge in [0, 0.05) is 34.0 Å². The van der Waals surface area contributed by atoms with E-state index in [1.165, 1.54) is 12.7 Å². The number of aliphatic hydroxyl groups is 2. The van der Waals surface area contributed by atoms with Crippen LogP contribution in [0.2, 0.25) is 15.5 Å². The molecular formula is C50H48Br2Cl3N9O6. The average Bonchev–Trinajstić information content (AvgIpc) is 4.21. The normalized spacial score (nSPS) is 30.0. The SMILES string of the molecule is C.CC1(C)O[C@H]2[C@H](n3ccc4c(Cl)ncnc43)C[C@@]3(COC(c4ccc5cc(Br)c(Cl)nc5c4)C3)[C@H]2O1.Nc1ncnc2c1ccn2[C@@H]1C[C@@]2(COC(c3ccc4cc(Br)c(Cl)nc4c3)C2)[C@@H](O)[C@H]1O. The molecule has 6 aromatic heterocycles. The van der Waals surface area contributed by atoms with Gasteiger partial charge in [-0.15, -0.1) is 0 Å². The van der Waals surface area contributed by atoms with Gasteiger partial charge in [0.25, 0.3) is 0 Å². The van der Waals surface area contributed by atoms with E-state index in [-0.39, 0.29) is 49.3 Å². The molecule has 70 heavy (non-hydrogen) atoms. The monoisotopic (exact) mass is 1130 g/mol. The van der Waals surface area contributed by atoms with Crippen LogP contribution in [0.1, 0.15) is 82.4 Å². The lowest BCUT2D eigenvalue weighted by atomic mass is 9.80. The molecule has 0 radical (unpaired) electrons. The van der Waals surface area contributed by atoms with Crippen molar-refractivity contribution in [3.63, 3.8) is 0 Å². The molecule has 3 saturated heterocycles. The lowest BCUT2D eigenvalue weighted by Gasteiger charge is -2.30. The molecule has 5 aliphatic rings. The smallest absolute Gasteiger partial charge is 0.163 e. The lowest BCUT2D eigenvalue weighted by molar-refractivity contribution is -0.169. The van der Waals surface area contributed by atoms with Gasteiger partial charge in [-0.1, -0.05) is 66.5 Å². The summed E-state index contributed by atoms with van der Waals surface area (Å²) in [5.41, 5.74) is 10.4. The summed E-state index contributed by atoms with van der Waals surface area (Å²) in [7, 11) is 0. The fourth-order valence-corrected chi connectivity index (χ4v) is 12.9. The maximum absolute atomic E-state index is 11.1. The molecule has 8 aromatic rings. The van der Waals surface area contributed by atoms with E-state index in [1.54, 1.807) is 0 Å². The van der Waals surface area contributed by atoms with Crippen LogP contribution in [0, 0.1) is 10.8 Å². The maximum Gasteiger partial charge on any atom is 0.163 e. The Labute approximate surface area is 434 Å². The molecule has 0 amide bonds. The molecule has 13 rings (SSSR count). The molecule has 4 N–H and O–H groups in total. The van der Waals surface area contributed by atoms with Crippen LogP contribution in [0.4, 0.5) is 5.82 Å². The third-order valence-corrected chi connectivity index (χ3v) is 17.5. The van der Waals surface area contributed by atoms with Gasteiger partial charge in [-0.3, -0.25) is 0 Å². The van der Waals surface area contributed by atoms with Crippen molar-refractivity contribution in [2.75, 3.05) is 18.9 Å². The molecule has 2 aliphatic carbocycles. The number of hydrogen-bond donors (Lipinski definition) is 3. The minimum absolute atomic E-state index is 0. The van der Waals surface area contributed by atoms with Crippen molar-refractivity contribution in [2.45, 2.75) is 101 Å². The number of nitrogens with zero attached hydrogens (tertiary/aromatic N) is 8. The number of fused-ring (bicyclic) bond motifs is 6. The van der Waals surface area contributed by atoms with Crippen LogP contribution in [0.3, 0.4) is 0 Å². The Kier molecular flexibility index (Phi) is 12.3. The number of anilines is 1. The van der Waals surface area contributed by atoms with E-state index in [1.807, 2.05) is 73.3 Å². The summed E-state index contributed by atoms with van der Waals surface area (Å²) >= 11 is 25.7. The first-order chi connectivity index (χ1) is 33.1. The van der Waals surface area contributed by atoms with Crippen molar-refractivity contribution >= 4 is 116 Å². The highest BCUT2D eigenvalue weighted by Crippen LogP contribution is 2.60. The van der Waals surface area contributed by atoms with Gasteiger partial charge in [-0.05, 0) is 119 Å². The number of aliphatic hydroxyl groups excluding tert-OH is 2. The molecule has 2 unspecified atom stereocenters. The fraction of sp³-hybridized carbons (Fsp3) is 0.400. The van der Waals surface area contributed by atoms with Gasteiger partial charge in [-0.25, -0.2) is 29.9 Å². The Morgan fingerprint density at radius 2 is 1.20 bits per heavy atom. The fourth-order valence-electron chi connectivity index (χ4n) is 11.7. The van der Waals surface area contributed by atoms with E-state index in [2.05, 4.69) is 84.5 Å². The lowest BCUT2D eigenvalue weighted by Crippen LogP contribution is -2.37. The van der Waals surface area contributed by atoms with Crippen molar-refractivity contribution in [3.8, 4) is 0 Å². The van der Waals surface area contributed by atoms with Gasteiger partial charge < -0.3 is 44.0 Å². The number of hydrogen-bond acceptors (Lipinski definition) is 13. The molecule has 0 bridgehead atoms. The van der Waals surface area contributed by atoms with Crippen molar-refractivity contribution in [3.05, 3.63) is 121 Å². The molecule has 3 aliphatic heterocycles. The van der Waals surface area contributed by atoms with E-state index in [0.717, 1.165) is 71.1 Å². The van der Waals surface area contributed by atoms with Crippen LogP contribution >= 0.6 is 66.7 Å². The number of rotatable bonds is 4. The molecule has 2 aromatic carbocycles. The Morgan fingerprint density at radius 3 is 1.84 bits per heavy atom. The van der Waals surface area contributed by atoms with Crippen LogP contribution in [0.15, 0.2) is 94.7 Å². The average molecular weight is 1140 g/mol. The zero-order valence-corrected chi connectivity index (χ0v) is 42.5. The molecule has 364 valence electrons. The highest BCUT2D eigenvalue weighted by atomic mass is 79.9. The molecule has 15 nitrogen and oxygen atoms in total. The van der Waals surface area contributed by atoms with Gasteiger partial charge in [0.05, 0.1) is 80.5 Å². The number of halogens is 5. The summed E-state index contributed by atoms with van der Waals surface area (Å²) in [4.78, 5) is 26.0. The molecule has 10 atom stereocenters. The van der Waals surface area contributed by atoms with E-state index in [9.17, 15) is 10.2 Å². The summed E-state index contributed by atoms with van der Waals surface area (Å²) < 4.78 is 31.3. The molecule has 20 heteroatoms. The van der Waals surface area contributed by atoms with Crippen molar-refractivity contribution < 1.29 is 29.2 Å². The summed E-state index contributed by atoms with van der Waals surface area (Å²) in [5.74, 6) is -0.283. The topological polar surface area (TPSA) is 191 Å². The number of nitrogens with two attached hydrogens (primary N) is 1. The molecule has 5 fully saturated rings.